The number of hydrogen-bond donors (Lipinski definition) is 1. The minimum absolute atomic E-state index is 0.0675. The fraction of sp³-hybridized carbons (Fsp3) is 0.0667. The van der Waals surface area contributed by atoms with Gasteiger partial charge in [-0.25, -0.2) is 13.4 Å². The summed E-state index contributed by atoms with van der Waals surface area (Å²) >= 11 is 1.20. The maximum atomic E-state index is 12.3. The number of aryl methyl sites for hydroxylation is 1. The van der Waals surface area contributed by atoms with Crippen molar-refractivity contribution >= 4 is 44.3 Å². The summed E-state index contributed by atoms with van der Waals surface area (Å²) in [4.78, 5) is 18.1. The van der Waals surface area contributed by atoms with Crippen molar-refractivity contribution in [2.75, 3.05) is 4.72 Å². The normalized spacial score (nSPS) is 11.7. The van der Waals surface area contributed by atoms with Gasteiger partial charge in [-0.15, -0.1) is 11.3 Å². The molecule has 2 heterocycles. The fourth-order valence-corrected chi connectivity index (χ4v) is 3.87. The second-order valence-corrected chi connectivity index (χ2v) is 7.63. The molecule has 0 aliphatic rings. The van der Waals surface area contributed by atoms with Gasteiger partial charge in [-0.2, -0.15) is 0 Å². The molecule has 0 fully saturated rings. The summed E-state index contributed by atoms with van der Waals surface area (Å²) in [5.74, 6) is -0.161. The Labute approximate surface area is 152 Å². The van der Waals surface area contributed by atoms with E-state index < -0.39 is 14.9 Å². The molecule has 0 amide bonds. The average molecular weight is 392 g/mol. The zero-order valence-electron chi connectivity index (χ0n) is 13.3. The third-order valence-corrected chi connectivity index (χ3v) is 5.48. The lowest BCUT2D eigenvalue weighted by Gasteiger charge is -2.05. The summed E-state index contributed by atoms with van der Waals surface area (Å²) in [5.41, 5.74) is 1.20. The number of nitro groups is 1. The molecule has 0 unspecified atom stereocenters. The van der Waals surface area contributed by atoms with Crippen molar-refractivity contribution in [1.29, 1.82) is 0 Å². The van der Waals surface area contributed by atoms with E-state index in [0.29, 0.717) is 10.8 Å². The van der Waals surface area contributed by atoms with Gasteiger partial charge in [0.2, 0.25) is 0 Å². The van der Waals surface area contributed by atoms with Gasteiger partial charge in [-0.3, -0.25) is 19.8 Å². The van der Waals surface area contributed by atoms with Crippen LogP contribution >= 0.6 is 11.3 Å². The van der Waals surface area contributed by atoms with Gasteiger partial charge in [-0.05, 0) is 37.3 Å². The largest absolute Gasteiger partial charge is 0.433 e. The standard InChI is InChI=1S/C15H12N4O5S2/c1-10-9-25-15(17-10)18-26(22,23)13-5-2-11(3-6-13)16-8-12-4-7-14(24-12)19(20)21/h2-9H,1H3,(H,17,18). The number of sulfonamides is 1. The molecule has 0 aliphatic heterocycles. The molecule has 0 atom stereocenters. The third-order valence-electron chi connectivity index (χ3n) is 3.12. The summed E-state index contributed by atoms with van der Waals surface area (Å²) in [6, 6.07) is 8.47. The Morgan fingerprint density at radius 3 is 2.58 bits per heavy atom. The number of nitrogens with zero attached hydrogens (tertiary/aromatic N) is 3. The van der Waals surface area contributed by atoms with Crippen molar-refractivity contribution in [2.45, 2.75) is 11.8 Å². The summed E-state index contributed by atoms with van der Waals surface area (Å²) in [5, 5.41) is 12.6. The highest BCUT2D eigenvalue weighted by molar-refractivity contribution is 7.93. The molecular formula is C15H12N4O5S2. The van der Waals surface area contributed by atoms with E-state index in [1.54, 1.807) is 12.3 Å². The zero-order valence-corrected chi connectivity index (χ0v) is 15.0. The molecule has 3 aromatic rings. The van der Waals surface area contributed by atoms with Crippen LogP contribution in [0.2, 0.25) is 0 Å². The SMILES string of the molecule is Cc1csc(NS(=O)(=O)c2ccc(N=Cc3ccc([N+](=O)[O-])o3)cc2)n1. The highest BCUT2D eigenvalue weighted by atomic mass is 32.2. The van der Waals surface area contributed by atoms with Crippen LogP contribution in [0.25, 0.3) is 0 Å². The van der Waals surface area contributed by atoms with Gasteiger partial charge in [0.1, 0.15) is 4.92 Å². The minimum atomic E-state index is -3.74. The Bertz CT molecular complexity index is 1070. The number of furan rings is 1. The predicted octanol–water partition coefficient (Wildman–Crippen LogP) is 3.50. The zero-order chi connectivity index (χ0) is 18.7. The predicted molar refractivity (Wildman–Crippen MR) is 96.7 cm³/mol. The molecule has 0 saturated heterocycles. The van der Waals surface area contributed by atoms with E-state index >= 15 is 0 Å². The quantitative estimate of drug-likeness (QED) is 0.388. The van der Waals surface area contributed by atoms with E-state index in [4.69, 9.17) is 4.42 Å². The number of benzene rings is 1. The van der Waals surface area contributed by atoms with Crippen LogP contribution in [-0.2, 0) is 10.0 Å². The van der Waals surface area contributed by atoms with Crippen LogP contribution in [0.15, 0.2) is 56.1 Å². The van der Waals surface area contributed by atoms with Crippen molar-refractivity contribution in [1.82, 2.24) is 4.98 Å². The molecule has 0 saturated carbocycles. The van der Waals surface area contributed by atoms with Gasteiger partial charge in [0.25, 0.3) is 10.0 Å². The number of nitrogens with one attached hydrogen (secondary N) is 1. The molecule has 2 aromatic heterocycles. The van der Waals surface area contributed by atoms with E-state index in [1.165, 1.54) is 53.9 Å². The summed E-state index contributed by atoms with van der Waals surface area (Å²) in [6.07, 6.45) is 1.31. The van der Waals surface area contributed by atoms with Crippen molar-refractivity contribution in [2.24, 2.45) is 4.99 Å². The van der Waals surface area contributed by atoms with Gasteiger partial charge in [0, 0.05) is 5.38 Å². The van der Waals surface area contributed by atoms with E-state index in [0.717, 1.165) is 5.69 Å². The smallest absolute Gasteiger partial charge is 0.400 e. The third kappa shape index (κ3) is 4.13. The van der Waals surface area contributed by atoms with Gasteiger partial charge in [-0.1, -0.05) is 0 Å². The van der Waals surface area contributed by atoms with Crippen LogP contribution in [0.3, 0.4) is 0 Å². The van der Waals surface area contributed by atoms with Gasteiger partial charge >= 0.3 is 5.88 Å². The van der Waals surface area contributed by atoms with Crippen molar-refractivity contribution in [3.63, 3.8) is 0 Å². The molecule has 26 heavy (non-hydrogen) atoms. The van der Waals surface area contributed by atoms with Crippen LogP contribution in [0.1, 0.15) is 11.5 Å². The lowest BCUT2D eigenvalue weighted by molar-refractivity contribution is -0.402. The van der Waals surface area contributed by atoms with Crippen LogP contribution < -0.4 is 4.72 Å². The highest BCUT2D eigenvalue weighted by Crippen LogP contribution is 2.22. The minimum Gasteiger partial charge on any atom is -0.400 e. The first kappa shape index (κ1) is 17.8. The first-order valence-electron chi connectivity index (χ1n) is 7.17. The maximum absolute atomic E-state index is 12.3. The summed E-state index contributed by atoms with van der Waals surface area (Å²) in [6.45, 7) is 1.77. The van der Waals surface area contributed by atoms with E-state index in [2.05, 4.69) is 14.7 Å². The fourth-order valence-electron chi connectivity index (χ4n) is 1.93. The van der Waals surface area contributed by atoms with Crippen molar-refractivity contribution in [3.8, 4) is 0 Å². The molecule has 1 aromatic carbocycles. The number of anilines is 1. The van der Waals surface area contributed by atoms with Crippen LogP contribution in [0, 0.1) is 17.0 Å². The van der Waals surface area contributed by atoms with Crippen molar-refractivity contribution < 1.29 is 17.8 Å². The van der Waals surface area contributed by atoms with E-state index in [-0.39, 0.29) is 16.5 Å². The monoisotopic (exact) mass is 392 g/mol. The number of rotatable bonds is 6. The number of aliphatic imine (C=N–C) groups is 1. The second kappa shape index (κ2) is 7.06. The molecule has 134 valence electrons. The van der Waals surface area contributed by atoms with Gasteiger partial charge in [0.15, 0.2) is 10.9 Å². The van der Waals surface area contributed by atoms with Crippen LogP contribution in [0.4, 0.5) is 16.7 Å². The highest BCUT2D eigenvalue weighted by Gasteiger charge is 2.15. The van der Waals surface area contributed by atoms with Gasteiger partial charge < -0.3 is 4.42 Å². The first-order valence-corrected chi connectivity index (χ1v) is 9.53. The molecule has 0 spiro atoms. The first-order chi connectivity index (χ1) is 12.3. The molecule has 0 radical (unpaired) electrons. The maximum Gasteiger partial charge on any atom is 0.433 e. The topological polar surface area (TPSA) is 128 Å². The number of aromatic nitrogens is 1. The average Bonchev–Trinajstić information content (AvgIpc) is 3.22. The number of hydrogen-bond acceptors (Lipinski definition) is 8. The summed E-state index contributed by atoms with van der Waals surface area (Å²) in [7, 11) is -3.74. The molecule has 1 N–H and O–H groups in total. The van der Waals surface area contributed by atoms with Crippen LogP contribution in [-0.4, -0.2) is 24.5 Å². The Morgan fingerprint density at radius 2 is 2.00 bits per heavy atom. The molecule has 0 bridgehead atoms. The molecular weight excluding hydrogens is 380 g/mol. The molecule has 11 heteroatoms. The molecule has 3 rings (SSSR count). The van der Waals surface area contributed by atoms with Crippen molar-refractivity contribution in [3.05, 3.63) is 63.3 Å². The summed E-state index contributed by atoms with van der Waals surface area (Å²) < 4.78 is 32.0. The lowest BCUT2D eigenvalue weighted by atomic mass is 10.3. The lowest BCUT2D eigenvalue weighted by Crippen LogP contribution is -2.12. The van der Waals surface area contributed by atoms with E-state index in [1.807, 2.05) is 0 Å². The number of thiazole rings is 1. The Balaban J connectivity index is 1.73. The Kier molecular flexibility index (Phi) is 4.82. The van der Waals surface area contributed by atoms with Gasteiger partial charge in [0.05, 0.1) is 28.6 Å². The van der Waals surface area contributed by atoms with Crippen LogP contribution in [0.5, 0.6) is 0 Å². The Morgan fingerprint density at radius 1 is 1.27 bits per heavy atom. The Hall–Kier alpha value is -3.05. The molecule has 9 nitrogen and oxygen atoms in total. The van der Waals surface area contributed by atoms with E-state index in [9.17, 15) is 18.5 Å². The second-order valence-electron chi connectivity index (χ2n) is 5.08. The molecule has 0 aliphatic carbocycles.